The highest BCUT2D eigenvalue weighted by molar-refractivity contribution is 5.86. The van der Waals surface area contributed by atoms with Crippen LogP contribution in [0.1, 0.15) is 251 Å². The molecule has 8 unspecified atom stereocenters. The van der Waals surface area contributed by atoms with Crippen LogP contribution in [0.15, 0.2) is 48.6 Å². The fraction of sp³-hybridized carbons (Fsp3) is 0.833. The third-order valence-electron chi connectivity index (χ3n) is 23.8. The highest BCUT2D eigenvalue weighted by atomic mass is 16.3. The van der Waals surface area contributed by atoms with E-state index in [1.165, 1.54) is 80.9 Å². The van der Waals surface area contributed by atoms with E-state index in [4.69, 9.17) is 10.2 Å². The summed E-state index contributed by atoms with van der Waals surface area (Å²) in [7, 11) is 0. The Bertz CT molecular complexity index is 2020. The zero-order chi connectivity index (χ0) is 60.8. The number of carbonyl (C=O) groups excluding carboxylic acids is 2. The van der Waals surface area contributed by atoms with E-state index in [0.717, 1.165) is 67.8 Å². The smallest absolute Gasteiger partial charge is 0.136 e. The number of benzene rings is 1. The number of carbonyl (C=O) groups is 2. The second-order valence-electron chi connectivity index (χ2n) is 31.1. The van der Waals surface area contributed by atoms with Crippen molar-refractivity contribution in [3.05, 3.63) is 59.7 Å². The minimum atomic E-state index is -0.0922. The Morgan fingerprint density at radius 1 is 0.562 bits per heavy atom. The number of ketones is 2. The van der Waals surface area contributed by atoms with Crippen LogP contribution in [-0.2, 0) is 16.2 Å². The molecule has 0 heterocycles. The largest absolute Gasteiger partial charge is 0.397 e. The van der Waals surface area contributed by atoms with Crippen molar-refractivity contribution in [1.82, 2.24) is 0 Å². The predicted molar refractivity (Wildman–Crippen MR) is 333 cm³/mol. The monoisotopic (exact) mass is 1120 g/mol. The first-order chi connectivity index (χ1) is 37.0. The van der Waals surface area contributed by atoms with Gasteiger partial charge < -0.3 is 30.6 Å². The molecule has 0 aliphatic heterocycles. The topological polar surface area (TPSA) is 156 Å². The average Bonchev–Trinajstić information content (AvgIpc) is 4.03. The van der Waals surface area contributed by atoms with Crippen molar-refractivity contribution in [2.24, 2.45) is 104 Å². The van der Waals surface area contributed by atoms with Crippen molar-refractivity contribution >= 4 is 11.6 Å². The summed E-state index contributed by atoms with van der Waals surface area (Å²) in [5.74, 6) is 8.93. The molecular formula is C72H124O8. The van der Waals surface area contributed by atoms with Gasteiger partial charge in [0.25, 0.3) is 0 Å². The van der Waals surface area contributed by atoms with Gasteiger partial charge in [0.15, 0.2) is 0 Å². The lowest BCUT2D eigenvalue weighted by molar-refractivity contribution is -0.122. The van der Waals surface area contributed by atoms with Gasteiger partial charge in [-0.25, -0.2) is 0 Å². The van der Waals surface area contributed by atoms with E-state index in [2.05, 4.69) is 150 Å². The van der Waals surface area contributed by atoms with Crippen molar-refractivity contribution in [3.8, 4) is 0 Å². The first kappa shape index (κ1) is 70.3. The molecule has 0 saturated heterocycles. The van der Waals surface area contributed by atoms with Gasteiger partial charge in [0, 0.05) is 31.3 Å². The fourth-order valence-corrected chi connectivity index (χ4v) is 16.7. The molecule has 10 fully saturated rings. The zero-order valence-electron chi connectivity index (χ0n) is 54.8. The van der Waals surface area contributed by atoms with Gasteiger partial charge >= 0.3 is 0 Å². The summed E-state index contributed by atoms with van der Waals surface area (Å²) >= 11 is 0. The Hall–Kier alpha value is -2.20. The molecule has 460 valence electrons. The van der Waals surface area contributed by atoms with E-state index in [1.807, 2.05) is 12.1 Å². The average molecular weight is 1120 g/mol. The maximum Gasteiger partial charge on any atom is 0.136 e. The van der Waals surface area contributed by atoms with Crippen LogP contribution >= 0.6 is 0 Å². The Labute approximate surface area is 490 Å². The molecule has 0 radical (unpaired) electrons. The van der Waals surface area contributed by atoms with E-state index in [-0.39, 0.29) is 59.3 Å². The lowest BCUT2D eigenvalue weighted by atomic mass is 9.70. The number of fused-ring (bicyclic) bond motifs is 6. The highest BCUT2D eigenvalue weighted by Gasteiger charge is 2.66. The third-order valence-corrected chi connectivity index (χ3v) is 23.8. The number of rotatable bonds is 6. The van der Waals surface area contributed by atoms with Gasteiger partial charge in [-0.05, 0) is 219 Å². The van der Waals surface area contributed by atoms with Gasteiger partial charge in [-0.2, -0.15) is 0 Å². The molecule has 18 atom stereocenters. The second-order valence-corrected chi connectivity index (χ2v) is 31.1. The summed E-state index contributed by atoms with van der Waals surface area (Å²) in [6, 6.07) is 8.07. The van der Waals surface area contributed by atoms with Crippen LogP contribution in [0.25, 0.3) is 0 Å². The molecular weight excluding hydrogens is 993 g/mol. The summed E-state index contributed by atoms with van der Waals surface area (Å²) in [6.45, 7) is 49.2. The number of aliphatic hydroxyl groups is 6. The zero-order valence-corrected chi connectivity index (χ0v) is 54.8. The van der Waals surface area contributed by atoms with Gasteiger partial charge in [-0.1, -0.05) is 159 Å². The van der Waals surface area contributed by atoms with E-state index in [0.29, 0.717) is 75.7 Å². The maximum atomic E-state index is 11.3. The van der Waals surface area contributed by atoms with E-state index >= 15 is 0 Å². The molecule has 8 nitrogen and oxygen atoms in total. The minimum Gasteiger partial charge on any atom is -0.397 e. The maximum absolute atomic E-state index is 11.3. The lowest BCUT2D eigenvalue weighted by Crippen LogP contribution is -2.39. The number of aliphatic hydroxyl groups excluding tert-OH is 6. The van der Waals surface area contributed by atoms with Crippen LogP contribution in [0.2, 0.25) is 0 Å². The first-order valence-corrected chi connectivity index (χ1v) is 32.4. The van der Waals surface area contributed by atoms with Gasteiger partial charge in [0.2, 0.25) is 0 Å². The molecule has 1 aromatic rings. The fourth-order valence-electron chi connectivity index (χ4n) is 16.7. The molecule has 0 aromatic heterocycles. The van der Waals surface area contributed by atoms with Crippen LogP contribution in [0.5, 0.6) is 0 Å². The quantitative estimate of drug-likeness (QED) is 0.154. The van der Waals surface area contributed by atoms with E-state index < -0.39 is 0 Å². The Balaban J connectivity index is 0.000000199. The summed E-state index contributed by atoms with van der Waals surface area (Å²) in [4.78, 5) is 22.6. The molecule has 8 heteroatoms. The summed E-state index contributed by atoms with van der Waals surface area (Å²) < 4.78 is 0. The number of allylic oxidation sites excluding steroid dienone is 2. The van der Waals surface area contributed by atoms with E-state index in [1.54, 1.807) is 6.92 Å². The normalized spacial score (nSPS) is 40.2. The predicted octanol–water partition coefficient (Wildman–Crippen LogP) is 15.9. The van der Waals surface area contributed by atoms with E-state index in [9.17, 15) is 30.0 Å². The Kier molecular flexibility index (Phi) is 24.9. The third kappa shape index (κ3) is 16.2. The molecule has 80 heavy (non-hydrogen) atoms. The minimum absolute atomic E-state index is 0.0613. The first-order valence-electron chi connectivity index (χ1n) is 32.4. The Morgan fingerprint density at radius 2 is 0.900 bits per heavy atom. The standard InChI is InChI=1S/2C10H16O.4C10H18O.C10H14O.C2H6O/c2*1-6(2)10-4-8(10)7(3)9(11)5-10;2*1-9(2)7-4-5-10(3,6-7)8(9)11;2*1-7(2)9-5-4-8(3)10(11)6-9;1-8(2)10-5-3-9(7-11)4-6-10;1-2-3/h2*6-8H,4-5H2,1-3H3;2*7-8,11H,4-6H2,1-3H3;2*8-11H,1,4-6H2,2-3H3;3-6,8,11H,7H2,1-2H3;3H,2H2,1H3/t7-,8+,10-;7-,8-,10+;2*7-,8?,10+;;;;/m0111..../s1. The second kappa shape index (κ2) is 28.3. The van der Waals surface area contributed by atoms with Gasteiger partial charge in [-0.15, -0.1) is 0 Å². The summed E-state index contributed by atoms with van der Waals surface area (Å²) in [5.41, 5.74) is 6.57. The molecule has 6 N–H and O–H groups in total. The van der Waals surface area contributed by atoms with Crippen molar-refractivity contribution in [2.45, 2.75) is 271 Å². The lowest BCUT2D eigenvalue weighted by Gasteiger charge is -2.38. The number of hydrogen-bond donors (Lipinski definition) is 6. The van der Waals surface area contributed by atoms with Crippen molar-refractivity contribution in [3.63, 3.8) is 0 Å². The van der Waals surface area contributed by atoms with Crippen molar-refractivity contribution < 1.29 is 40.2 Å². The summed E-state index contributed by atoms with van der Waals surface area (Å²) in [5, 5.41) is 55.5. The van der Waals surface area contributed by atoms with Gasteiger partial charge in [0.1, 0.15) is 11.6 Å². The highest BCUT2D eigenvalue weighted by Crippen LogP contribution is 2.69. The molecule has 10 saturated carbocycles. The van der Waals surface area contributed by atoms with Crippen molar-refractivity contribution in [2.75, 3.05) is 6.61 Å². The number of hydrogen-bond acceptors (Lipinski definition) is 8. The molecule has 10 aliphatic carbocycles. The molecule has 11 rings (SSSR count). The van der Waals surface area contributed by atoms with Gasteiger partial charge in [0.05, 0.1) is 31.0 Å². The molecule has 1 aromatic carbocycles. The molecule has 0 spiro atoms. The SMILES string of the molecule is C=C(C)C1CCC(C)C(O)C1.C=C(C)C1CCC(C)C(O)C1.CC(C)[C@]12CC(=O)[C@@H](C)[C@H]1C2.CC(C)[C@]12CC(=O)[C@H](C)[C@H]1C2.CC(C)c1ccc(CO)cc1.CC1(C)C(O)[C@@]2(C)CC[C@@H]1C2.CC1(C)C(O)[C@@]2(C)CC[C@@H]1C2.CCO. The van der Waals surface area contributed by atoms with Crippen LogP contribution in [0.3, 0.4) is 0 Å². The van der Waals surface area contributed by atoms with Gasteiger partial charge in [-0.3, -0.25) is 9.59 Å². The van der Waals surface area contributed by atoms with Crippen LogP contribution < -0.4 is 0 Å². The molecule has 0 amide bonds. The Morgan fingerprint density at radius 3 is 1.09 bits per heavy atom. The van der Waals surface area contributed by atoms with Crippen LogP contribution in [0, 0.1) is 104 Å². The molecule has 10 aliphatic rings. The van der Waals surface area contributed by atoms with Crippen LogP contribution in [-0.4, -0.2) is 73.2 Å². The summed E-state index contributed by atoms with van der Waals surface area (Å²) in [6.07, 6.45) is 18.3. The van der Waals surface area contributed by atoms with Crippen LogP contribution in [0.4, 0.5) is 0 Å². The van der Waals surface area contributed by atoms with Crippen molar-refractivity contribution in [1.29, 1.82) is 0 Å². The number of Topliss-reactive ketones (excluding diaryl/α,β-unsaturated/α-hetero) is 2. The molecule has 4 bridgehead atoms.